The van der Waals surface area contributed by atoms with E-state index in [0.717, 1.165) is 21.5 Å². The Morgan fingerprint density at radius 1 is 1.44 bits per heavy atom. The van der Waals surface area contributed by atoms with Crippen molar-refractivity contribution in [1.29, 1.82) is 0 Å². The van der Waals surface area contributed by atoms with Gasteiger partial charge in [0.2, 0.25) is 5.91 Å². The largest absolute Gasteiger partial charge is 0.477 e. The molecule has 2 aliphatic rings. The van der Waals surface area contributed by atoms with Crippen molar-refractivity contribution in [2.75, 3.05) is 12.4 Å². The van der Waals surface area contributed by atoms with Crippen molar-refractivity contribution in [3.8, 4) is 0 Å². The van der Waals surface area contributed by atoms with Gasteiger partial charge in [-0.05, 0) is 11.4 Å². The molecule has 0 bridgehead atoms. The summed E-state index contributed by atoms with van der Waals surface area (Å²) in [6.07, 6.45) is 0.00394. The number of rotatable bonds is 6. The summed E-state index contributed by atoms with van der Waals surface area (Å²) in [5.74, 6) is -3.29. The van der Waals surface area contributed by atoms with Crippen molar-refractivity contribution in [2.24, 2.45) is 0 Å². The lowest BCUT2D eigenvalue weighted by Crippen LogP contribution is -2.80. The van der Waals surface area contributed by atoms with Crippen molar-refractivity contribution >= 4 is 46.9 Å². The number of hydrogen-bond donors (Lipinski definition) is 3. The van der Waals surface area contributed by atoms with Gasteiger partial charge in [-0.1, -0.05) is 6.07 Å². The van der Waals surface area contributed by atoms with Gasteiger partial charge in [-0.25, -0.2) is 4.79 Å². The monoisotopic (exact) mass is 412 g/mol. The molecule has 3 N–H and O–H groups in total. The number of hydrogen-bond acceptors (Lipinski definition) is 8. The van der Waals surface area contributed by atoms with Gasteiger partial charge in [-0.3, -0.25) is 19.3 Å². The van der Waals surface area contributed by atoms with Gasteiger partial charge < -0.3 is 20.3 Å². The molecule has 1 aromatic rings. The Bertz CT molecular complexity index is 836. The molecule has 0 aliphatic carbocycles. The van der Waals surface area contributed by atoms with E-state index in [1.165, 1.54) is 18.3 Å². The summed E-state index contributed by atoms with van der Waals surface area (Å²) < 4.78 is 4.84. The minimum absolute atomic E-state index is 0.00394. The van der Waals surface area contributed by atoms with Crippen LogP contribution in [0.3, 0.4) is 0 Å². The fourth-order valence-corrected chi connectivity index (χ4v) is 4.88. The molecule has 144 valence electrons. The molecule has 0 radical (unpaired) electrons. The SMILES string of the molecule is CC(=O)OCC1=C(C(=O)O)N2C(=O)C(O)(NC(=O)Cc3cccs3)[C@H]2SC1. The van der Waals surface area contributed by atoms with Crippen LogP contribution >= 0.6 is 23.1 Å². The molecule has 27 heavy (non-hydrogen) atoms. The highest BCUT2D eigenvalue weighted by Gasteiger charge is 2.65. The Hall–Kier alpha value is -2.37. The van der Waals surface area contributed by atoms with E-state index in [-0.39, 0.29) is 30.1 Å². The zero-order chi connectivity index (χ0) is 19.8. The number of carbonyl (C=O) groups is 4. The fourth-order valence-electron chi connectivity index (χ4n) is 2.85. The van der Waals surface area contributed by atoms with Crippen molar-refractivity contribution in [3.05, 3.63) is 33.7 Å². The highest BCUT2D eigenvalue weighted by molar-refractivity contribution is 8.00. The molecule has 9 nitrogen and oxygen atoms in total. The Kier molecular flexibility index (Phi) is 5.27. The van der Waals surface area contributed by atoms with Crippen LogP contribution in [0, 0.1) is 0 Å². The predicted octanol–water partition coefficient (Wildman–Crippen LogP) is -0.0877. The second kappa shape index (κ2) is 7.33. The van der Waals surface area contributed by atoms with E-state index in [1.54, 1.807) is 17.5 Å². The number of thioether (sulfide) groups is 1. The molecule has 1 aromatic heterocycles. The summed E-state index contributed by atoms with van der Waals surface area (Å²) in [5, 5.41) is 23.3. The van der Waals surface area contributed by atoms with E-state index in [2.05, 4.69) is 5.32 Å². The number of carboxylic acids is 1. The normalized spacial score (nSPS) is 24.1. The minimum Gasteiger partial charge on any atom is -0.477 e. The van der Waals surface area contributed by atoms with E-state index in [0.29, 0.717) is 0 Å². The zero-order valence-corrected chi connectivity index (χ0v) is 15.8. The second-order valence-electron chi connectivity index (χ2n) is 5.95. The van der Waals surface area contributed by atoms with Crippen LogP contribution in [-0.2, 0) is 30.3 Å². The van der Waals surface area contributed by atoms with Crippen LogP contribution in [0.1, 0.15) is 11.8 Å². The first-order valence-corrected chi connectivity index (χ1v) is 9.76. The van der Waals surface area contributed by atoms with Crippen molar-refractivity contribution in [3.63, 3.8) is 0 Å². The maximum atomic E-state index is 12.5. The highest BCUT2D eigenvalue weighted by Crippen LogP contribution is 2.45. The van der Waals surface area contributed by atoms with Crippen LogP contribution in [0.25, 0.3) is 0 Å². The third-order valence-corrected chi connectivity index (χ3v) is 6.28. The van der Waals surface area contributed by atoms with Crippen molar-refractivity contribution in [2.45, 2.75) is 24.4 Å². The number of fused-ring (bicyclic) bond motifs is 1. The molecule has 2 amide bonds. The topological polar surface area (TPSA) is 133 Å². The Labute approximate surface area is 162 Å². The average molecular weight is 412 g/mol. The molecular weight excluding hydrogens is 396 g/mol. The van der Waals surface area contributed by atoms with E-state index in [9.17, 15) is 29.4 Å². The molecule has 0 saturated carbocycles. The summed E-state index contributed by atoms with van der Waals surface area (Å²) >= 11 is 2.45. The number of aliphatic hydroxyl groups is 1. The first kappa shape index (κ1) is 19.4. The molecule has 11 heteroatoms. The zero-order valence-electron chi connectivity index (χ0n) is 14.1. The van der Waals surface area contributed by atoms with E-state index in [4.69, 9.17) is 4.74 Å². The summed E-state index contributed by atoms with van der Waals surface area (Å²) in [4.78, 5) is 48.9. The van der Waals surface area contributed by atoms with Gasteiger partial charge in [0.1, 0.15) is 17.7 Å². The number of nitrogens with one attached hydrogen (secondary N) is 1. The summed E-state index contributed by atoms with van der Waals surface area (Å²) in [7, 11) is 0. The van der Waals surface area contributed by atoms with Gasteiger partial charge in [0.15, 0.2) is 0 Å². The Morgan fingerprint density at radius 2 is 2.19 bits per heavy atom. The molecular formula is C16H16N2O7S2. The summed E-state index contributed by atoms with van der Waals surface area (Å²) in [6, 6.07) is 3.54. The molecule has 1 fully saturated rings. The third-order valence-electron chi connectivity index (χ3n) is 4.03. The Balaban J connectivity index is 1.76. The molecule has 3 heterocycles. The van der Waals surface area contributed by atoms with Gasteiger partial charge in [-0.15, -0.1) is 23.1 Å². The van der Waals surface area contributed by atoms with Crippen LogP contribution in [0.15, 0.2) is 28.8 Å². The van der Waals surface area contributed by atoms with Crippen LogP contribution in [0.5, 0.6) is 0 Å². The summed E-state index contributed by atoms with van der Waals surface area (Å²) in [5.41, 5.74) is -2.26. The standard InChI is InChI=1S/C16H16N2O7S2/c1-8(19)25-6-9-7-27-15-16(24,14(23)18(15)12(9)13(21)22)17-11(20)5-10-3-2-4-26-10/h2-4,15,24H,5-7H2,1H3,(H,17,20)(H,21,22)/t15-,16?/m1/s1. The quantitative estimate of drug-likeness (QED) is 0.335. The summed E-state index contributed by atoms with van der Waals surface area (Å²) in [6.45, 7) is 0.931. The number of thiophene rings is 1. The van der Waals surface area contributed by atoms with E-state index < -0.39 is 34.9 Å². The maximum Gasteiger partial charge on any atom is 0.352 e. The van der Waals surface area contributed by atoms with Gasteiger partial charge in [0.25, 0.3) is 11.6 Å². The van der Waals surface area contributed by atoms with Gasteiger partial charge >= 0.3 is 11.9 Å². The number of nitrogens with zero attached hydrogens (tertiary/aromatic N) is 1. The van der Waals surface area contributed by atoms with Gasteiger partial charge in [0, 0.05) is 23.1 Å². The molecule has 2 atom stereocenters. The molecule has 0 aromatic carbocycles. The smallest absolute Gasteiger partial charge is 0.352 e. The molecule has 0 spiro atoms. The molecule has 3 rings (SSSR count). The fraction of sp³-hybridized carbons (Fsp3) is 0.375. The number of β-lactam (4-membered cyclic amide) rings is 1. The van der Waals surface area contributed by atoms with Crippen molar-refractivity contribution < 1.29 is 34.1 Å². The maximum absolute atomic E-state index is 12.5. The van der Waals surface area contributed by atoms with Crippen LogP contribution in [0.4, 0.5) is 0 Å². The van der Waals surface area contributed by atoms with Crippen LogP contribution in [-0.4, -0.2) is 62.3 Å². The molecule has 1 unspecified atom stereocenters. The number of ether oxygens (including phenoxy) is 1. The second-order valence-corrected chi connectivity index (χ2v) is 8.05. The van der Waals surface area contributed by atoms with Crippen LogP contribution in [0.2, 0.25) is 0 Å². The first-order chi connectivity index (χ1) is 12.7. The van der Waals surface area contributed by atoms with Gasteiger partial charge in [0.05, 0.1) is 6.42 Å². The first-order valence-electron chi connectivity index (χ1n) is 7.83. The Morgan fingerprint density at radius 3 is 2.78 bits per heavy atom. The van der Waals surface area contributed by atoms with Gasteiger partial charge in [-0.2, -0.15) is 0 Å². The number of esters is 1. The lowest BCUT2D eigenvalue weighted by molar-refractivity contribution is -0.186. The van der Waals surface area contributed by atoms with E-state index >= 15 is 0 Å². The molecule has 1 saturated heterocycles. The predicted molar refractivity (Wildman–Crippen MR) is 95.5 cm³/mol. The van der Waals surface area contributed by atoms with Crippen molar-refractivity contribution in [1.82, 2.24) is 10.2 Å². The number of aliphatic carboxylic acids is 1. The third kappa shape index (κ3) is 3.57. The minimum atomic E-state index is -2.17. The molecule has 2 aliphatic heterocycles. The number of amides is 2. The number of carbonyl (C=O) groups excluding carboxylic acids is 3. The highest BCUT2D eigenvalue weighted by atomic mass is 32.2. The lowest BCUT2D eigenvalue weighted by Gasteiger charge is -2.54. The van der Waals surface area contributed by atoms with E-state index in [1.807, 2.05) is 0 Å². The number of carboxylic acid groups (broad SMARTS) is 1. The lowest BCUT2D eigenvalue weighted by atomic mass is 9.98. The van der Waals surface area contributed by atoms with Crippen LogP contribution < -0.4 is 5.32 Å². The average Bonchev–Trinajstić information content (AvgIpc) is 3.11.